The average molecular weight is 245 g/mol. The number of thioether (sulfide) groups is 1. The first-order valence-electron chi connectivity index (χ1n) is 5.11. The number of nitriles is 1. The van der Waals surface area contributed by atoms with Crippen LogP contribution in [0.25, 0.3) is 0 Å². The fourth-order valence-electron chi connectivity index (χ4n) is 1.29. The van der Waals surface area contributed by atoms with Crippen LogP contribution in [0.15, 0.2) is 27.8 Å². The maximum atomic E-state index is 8.77. The van der Waals surface area contributed by atoms with Crippen LogP contribution in [0, 0.1) is 25.2 Å². The summed E-state index contributed by atoms with van der Waals surface area (Å²) in [6.45, 7) is 3.81. The first-order chi connectivity index (χ1) is 8.19. The van der Waals surface area contributed by atoms with Crippen LogP contribution < -0.4 is 0 Å². The molecule has 0 bridgehead atoms. The molecule has 2 aromatic heterocycles. The molecule has 2 heterocycles. The van der Waals surface area contributed by atoms with E-state index in [1.165, 1.54) is 11.8 Å². The molecule has 0 atom stereocenters. The molecule has 17 heavy (non-hydrogen) atoms. The maximum Gasteiger partial charge on any atom is 0.205 e. The predicted molar refractivity (Wildman–Crippen MR) is 64.5 cm³/mol. The average Bonchev–Trinajstić information content (AvgIpc) is 2.67. The highest BCUT2D eigenvalue weighted by atomic mass is 32.2. The lowest BCUT2D eigenvalue weighted by Gasteiger charge is -1.97. The molecule has 86 valence electrons. The largest absolute Gasteiger partial charge is 0.445 e. The van der Waals surface area contributed by atoms with Gasteiger partial charge in [0.25, 0.3) is 0 Å². The van der Waals surface area contributed by atoms with Crippen molar-refractivity contribution in [2.45, 2.75) is 24.6 Å². The molecule has 0 radical (unpaired) electrons. The SMILES string of the molecule is Cc1nc(CSc2cc(C#N)ccn2)oc1C. The van der Waals surface area contributed by atoms with Gasteiger partial charge in [0.15, 0.2) is 0 Å². The van der Waals surface area contributed by atoms with Crippen molar-refractivity contribution in [3.8, 4) is 6.07 Å². The van der Waals surface area contributed by atoms with Gasteiger partial charge in [-0.05, 0) is 26.0 Å². The van der Waals surface area contributed by atoms with Gasteiger partial charge in [-0.2, -0.15) is 5.26 Å². The Labute approximate surface area is 104 Å². The van der Waals surface area contributed by atoms with Gasteiger partial charge in [0.1, 0.15) is 5.76 Å². The second-order valence-electron chi connectivity index (χ2n) is 3.53. The predicted octanol–water partition coefficient (Wildman–Crippen LogP) is 2.85. The molecule has 0 unspecified atom stereocenters. The zero-order chi connectivity index (χ0) is 12.3. The third-order valence-electron chi connectivity index (χ3n) is 2.28. The van der Waals surface area contributed by atoms with E-state index in [1.54, 1.807) is 18.3 Å². The van der Waals surface area contributed by atoms with Crippen molar-refractivity contribution in [2.75, 3.05) is 0 Å². The summed E-state index contributed by atoms with van der Waals surface area (Å²) < 4.78 is 5.47. The number of aromatic nitrogens is 2. The van der Waals surface area contributed by atoms with E-state index in [4.69, 9.17) is 9.68 Å². The van der Waals surface area contributed by atoms with Crippen molar-refractivity contribution in [2.24, 2.45) is 0 Å². The minimum absolute atomic E-state index is 0.613. The molecule has 0 saturated heterocycles. The quantitative estimate of drug-likeness (QED) is 0.778. The normalized spacial score (nSPS) is 10.2. The van der Waals surface area contributed by atoms with Crippen LogP contribution in [-0.4, -0.2) is 9.97 Å². The molecule has 5 heteroatoms. The Morgan fingerprint density at radius 2 is 2.29 bits per heavy atom. The summed E-state index contributed by atoms with van der Waals surface area (Å²) in [7, 11) is 0. The van der Waals surface area contributed by atoms with Gasteiger partial charge in [0, 0.05) is 6.20 Å². The summed E-state index contributed by atoms with van der Waals surface area (Å²) in [5.74, 6) is 2.16. The lowest BCUT2D eigenvalue weighted by molar-refractivity contribution is 0.489. The summed E-state index contributed by atoms with van der Waals surface area (Å²) in [5.41, 5.74) is 1.53. The van der Waals surface area contributed by atoms with Crippen molar-refractivity contribution in [3.63, 3.8) is 0 Å². The summed E-state index contributed by atoms with van der Waals surface area (Å²) in [6, 6.07) is 5.53. The van der Waals surface area contributed by atoms with E-state index < -0.39 is 0 Å². The molecule has 2 rings (SSSR count). The van der Waals surface area contributed by atoms with Gasteiger partial charge in [0.05, 0.1) is 28.1 Å². The van der Waals surface area contributed by atoms with Crippen LogP contribution in [0.1, 0.15) is 22.9 Å². The molecule has 0 aliphatic carbocycles. The Bertz CT molecular complexity index is 552. The zero-order valence-corrected chi connectivity index (χ0v) is 10.4. The Balaban J connectivity index is 2.05. The van der Waals surface area contributed by atoms with Crippen LogP contribution in [-0.2, 0) is 5.75 Å². The molecule has 4 nitrogen and oxygen atoms in total. The standard InChI is InChI=1S/C12H11N3OS/c1-8-9(2)16-11(15-8)7-17-12-5-10(6-13)3-4-14-12/h3-5H,7H2,1-2H3. The second kappa shape index (κ2) is 5.02. The summed E-state index contributed by atoms with van der Waals surface area (Å²) in [5, 5.41) is 9.57. The van der Waals surface area contributed by atoms with Gasteiger partial charge >= 0.3 is 0 Å². The lowest BCUT2D eigenvalue weighted by Crippen LogP contribution is -1.85. The van der Waals surface area contributed by atoms with Crippen LogP contribution >= 0.6 is 11.8 Å². The fourth-order valence-corrected chi connectivity index (χ4v) is 2.04. The first kappa shape index (κ1) is 11.7. The van der Waals surface area contributed by atoms with Crippen LogP contribution in [0.5, 0.6) is 0 Å². The summed E-state index contributed by atoms with van der Waals surface area (Å²) in [4.78, 5) is 8.46. The van der Waals surface area contributed by atoms with Gasteiger partial charge in [-0.1, -0.05) is 11.8 Å². The van der Waals surface area contributed by atoms with Gasteiger partial charge in [0.2, 0.25) is 5.89 Å². The molecule has 0 N–H and O–H groups in total. The Morgan fingerprint density at radius 3 is 2.94 bits per heavy atom. The molecule has 0 saturated carbocycles. The number of pyridine rings is 1. The van der Waals surface area contributed by atoms with Crippen molar-refractivity contribution in [1.29, 1.82) is 5.26 Å². The van der Waals surface area contributed by atoms with Gasteiger partial charge in [-0.3, -0.25) is 0 Å². The number of aryl methyl sites for hydroxylation is 2. The van der Waals surface area contributed by atoms with E-state index in [2.05, 4.69) is 16.0 Å². The zero-order valence-electron chi connectivity index (χ0n) is 9.60. The minimum atomic E-state index is 0.613. The molecular weight excluding hydrogens is 234 g/mol. The van der Waals surface area contributed by atoms with Crippen molar-refractivity contribution < 1.29 is 4.42 Å². The molecule has 0 fully saturated rings. The van der Waals surface area contributed by atoms with Crippen LogP contribution in [0.3, 0.4) is 0 Å². The van der Waals surface area contributed by atoms with Gasteiger partial charge in [-0.15, -0.1) is 0 Å². The third-order valence-corrected chi connectivity index (χ3v) is 3.19. The number of oxazole rings is 1. The van der Waals surface area contributed by atoms with E-state index in [-0.39, 0.29) is 0 Å². The smallest absolute Gasteiger partial charge is 0.205 e. The molecule has 0 spiro atoms. The molecule has 0 amide bonds. The molecule has 0 aliphatic heterocycles. The highest BCUT2D eigenvalue weighted by Gasteiger charge is 2.06. The van der Waals surface area contributed by atoms with Crippen molar-refractivity contribution in [1.82, 2.24) is 9.97 Å². The second-order valence-corrected chi connectivity index (χ2v) is 4.53. The van der Waals surface area contributed by atoms with E-state index in [0.717, 1.165) is 16.5 Å². The number of rotatable bonds is 3. The van der Waals surface area contributed by atoms with Crippen molar-refractivity contribution in [3.05, 3.63) is 41.2 Å². The Kier molecular flexibility index (Phi) is 3.45. The summed E-state index contributed by atoms with van der Waals surface area (Å²) >= 11 is 1.51. The van der Waals surface area contributed by atoms with Gasteiger partial charge < -0.3 is 4.42 Å². The number of hydrogen-bond donors (Lipinski definition) is 0. The fraction of sp³-hybridized carbons (Fsp3) is 0.250. The number of nitrogens with zero attached hydrogens (tertiary/aromatic N) is 3. The summed E-state index contributed by atoms with van der Waals surface area (Å²) in [6.07, 6.45) is 1.63. The highest BCUT2D eigenvalue weighted by molar-refractivity contribution is 7.98. The highest BCUT2D eigenvalue weighted by Crippen LogP contribution is 2.22. The van der Waals surface area contributed by atoms with E-state index in [9.17, 15) is 0 Å². The topological polar surface area (TPSA) is 62.7 Å². The van der Waals surface area contributed by atoms with E-state index in [0.29, 0.717) is 17.2 Å². The van der Waals surface area contributed by atoms with E-state index >= 15 is 0 Å². The monoisotopic (exact) mass is 245 g/mol. The van der Waals surface area contributed by atoms with Crippen molar-refractivity contribution >= 4 is 11.8 Å². The Morgan fingerprint density at radius 1 is 1.47 bits per heavy atom. The molecule has 0 aliphatic rings. The molecule has 0 aromatic carbocycles. The maximum absolute atomic E-state index is 8.77. The molecule has 2 aromatic rings. The lowest BCUT2D eigenvalue weighted by atomic mass is 10.3. The van der Waals surface area contributed by atoms with Gasteiger partial charge in [-0.25, -0.2) is 9.97 Å². The Hall–Kier alpha value is -1.80. The van der Waals surface area contributed by atoms with Crippen LogP contribution in [0.4, 0.5) is 0 Å². The first-order valence-corrected chi connectivity index (χ1v) is 6.09. The van der Waals surface area contributed by atoms with Crippen LogP contribution in [0.2, 0.25) is 0 Å². The van der Waals surface area contributed by atoms with E-state index in [1.807, 2.05) is 13.8 Å². The third kappa shape index (κ3) is 2.86. The minimum Gasteiger partial charge on any atom is -0.445 e. The number of hydrogen-bond acceptors (Lipinski definition) is 5. The molecular formula is C12H11N3OS.